The van der Waals surface area contributed by atoms with Crippen LogP contribution >= 0.6 is 0 Å². The van der Waals surface area contributed by atoms with Crippen LogP contribution in [0.25, 0.3) is 0 Å². The quantitative estimate of drug-likeness (QED) is 0.0261. The Morgan fingerprint density at radius 1 is 0.493 bits per heavy atom. The van der Waals surface area contributed by atoms with Crippen molar-refractivity contribution in [3.05, 3.63) is 60.8 Å². The molecule has 402 valence electrons. The first kappa shape index (κ1) is 64.9. The van der Waals surface area contributed by atoms with Crippen LogP contribution < -0.4 is 5.32 Å². The predicted molar refractivity (Wildman–Crippen MR) is 290 cm³/mol. The maximum atomic E-state index is 13.1. The third kappa shape index (κ3) is 39.1. The highest BCUT2D eigenvalue weighted by molar-refractivity contribution is 5.76. The zero-order chi connectivity index (χ0) is 50.1. The molecule has 0 saturated carbocycles. The van der Waals surface area contributed by atoms with Crippen LogP contribution in [-0.4, -0.2) is 87.5 Å². The predicted octanol–water partition coefficient (Wildman–Crippen LogP) is 14.3. The van der Waals surface area contributed by atoms with Crippen LogP contribution in [0.5, 0.6) is 0 Å². The Kier molecular flexibility index (Phi) is 46.5. The summed E-state index contributed by atoms with van der Waals surface area (Å²) in [6.07, 6.45) is 60.0. The molecule has 6 N–H and O–H groups in total. The first-order chi connectivity index (χ1) is 33.8. The average molecular weight is 973 g/mol. The number of hydrogen-bond donors (Lipinski definition) is 6. The SMILES string of the molecule is CCCCCCC/C=C\C/C=C\C/C=C\CCCCCCCCCCC(=O)NC(COC1OC(CO)C(O)C(O)C1O)C(O)/C=C/CC/C=C/CCCCCCCCCCCCCCCCCCC. The Balaban J connectivity index is 2.27. The Labute approximate surface area is 424 Å². The molecule has 1 heterocycles. The Hall–Kier alpha value is -2.11. The highest BCUT2D eigenvalue weighted by Crippen LogP contribution is 2.23. The lowest BCUT2D eigenvalue weighted by Crippen LogP contribution is -2.60. The van der Waals surface area contributed by atoms with Crippen molar-refractivity contribution in [1.82, 2.24) is 5.32 Å². The minimum absolute atomic E-state index is 0.194. The van der Waals surface area contributed by atoms with E-state index in [1.54, 1.807) is 6.08 Å². The Morgan fingerprint density at radius 2 is 0.870 bits per heavy atom. The maximum absolute atomic E-state index is 13.1. The number of unbranched alkanes of at least 4 members (excludes halogenated alkanes) is 31. The molecular weight excluding hydrogens is 863 g/mol. The van der Waals surface area contributed by atoms with E-state index in [4.69, 9.17) is 9.47 Å². The first-order valence-electron chi connectivity index (χ1n) is 29.0. The van der Waals surface area contributed by atoms with E-state index in [-0.39, 0.29) is 12.5 Å². The van der Waals surface area contributed by atoms with E-state index < -0.39 is 49.5 Å². The summed E-state index contributed by atoms with van der Waals surface area (Å²) < 4.78 is 11.3. The highest BCUT2D eigenvalue weighted by atomic mass is 16.7. The molecule has 9 nitrogen and oxygen atoms in total. The fourth-order valence-electron chi connectivity index (χ4n) is 8.95. The van der Waals surface area contributed by atoms with E-state index in [1.165, 1.54) is 173 Å². The van der Waals surface area contributed by atoms with Crippen LogP contribution in [0.3, 0.4) is 0 Å². The van der Waals surface area contributed by atoms with Crippen molar-refractivity contribution < 1.29 is 39.8 Å². The summed E-state index contributed by atoms with van der Waals surface area (Å²) in [5.74, 6) is -0.194. The van der Waals surface area contributed by atoms with Gasteiger partial charge in [-0.25, -0.2) is 0 Å². The monoisotopic (exact) mass is 972 g/mol. The minimum Gasteiger partial charge on any atom is -0.394 e. The second-order valence-corrected chi connectivity index (χ2v) is 20.1. The van der Waals surface area contributed by atoms with Gasteiger partial charge in [-0.2, -0.15) is 0 Å². The van der Waals surface area contributed by atoms with Gasteiger partial charge in [-0.1, -0.05) is 242 Å². The van der Waals surface area contributed by atoms with Crippen molar-refractivity contribution in [2.24, 2.45) is 0 Å². The van der Waals surface area contributed by atoms with Crippen molar-refractivity contribution in [3.8, 4) is 0 Å². The number of aliphatic hydroxyl groups is 5. The van der Waals surface area contributed by atoms with Gasteiger partial charge in [0.25, 0.3) is 0 Å². The van der Waals surface area contributed by atoms with Crippen LogP contribution in [0.15, 0.2) is 60.8 Å². The summed E-state index contributed by atoms with van der Waals surface area (Å²) in [5.41, 5.74) is 0. The van der Waals surface area contributed by atoms with Crippen LogP contribution in [0.4, 0.5) is 0 Å². The van der Waals surface area contributed by atoms with Crippen molar-refractivity contribution in [3.63, 3.8) is 0 Å². The number of carbonyl (C=O) groups excluding carboxylic acids is 1. The molecule has 0 spiro atoms. The van der Waals surface area contributed by atoms with Gasteiger partial charge >= 0.3 is 0 Å². The Morgan fingerprint density at radius 3 is 1.32 bits per heavy atom. The van der Waals surface area contributed by atoms with E-state index in [0.29, 0.717) is 6.42 Å². The van der Waals surface area contributed by atoms with E-state index in [9.17, 15) is 30.3 Å². The summed E-state index contributed by atoms with van der Waals surface area (Å²) in [5, 5.41) is 54.5. The van der Waals surface area contributed by atoms with Crippen LogP contribution in [0, 0.1) is 0 Å². The number of allylic oxidation sites excluding steroid dienone is 9. The fraction of sp³-hybridized carbons (Fsp3) is 0.817. The largest absolute Gasteiger partial charge is 0.394 e. The molecule has 0 aromatic heterocycles. The van der Waals surface area contributed by atoms with E-state index >= 15 is 0 Å². The summed E-state index contributed by atoms with van der Waals surface area (Å²) >= 11 is 0. The summed E-state index contributed by atoms with van der Waals surface area (Å²) in [4.78, 5) is 13.1. The molecule has 1 amide bonds. The van der Waals surface area contributed by atoms with Crippen LogP contribution in [0.1, 0.15) is 258 Å². The van der Waals surface area contributed by atoms with Crippen molar-refractivity contribution in [2.75, 3.05) is 13.2 Å². The van der Waals surface area contributed by atoms with E-state index in [2.05, 4.69) is 67.8 Å². The molecule has 1 saturated heterocycles. The first-order valence-corrected chi connectivity index (χ1v) is 29.0. The number of rotatable bonds is 49. The number of ether oxygens (including phenoxy) is 2. The minimum atomic E-state index is -1.58. The lowest BCUT2D eigenvalue weighted by atomic mass is 9.99. The van der Waals surface area contributed by atoms with Gasteiger partial charge in [0.1, 0.15) is 24.4 Å². The zero-order valence-corrected chi connectivity index (χ0v) is 44.6. The van der Waals surface area contributed by atoms with Gasteiger partial charge in [-0.05, 0) is 70.6 Å². The normalized spacial score (nSPS) is 19.9. The number of hydrogen-bond acceptors (Lipinski definition) is 8. The third-order valence-electron chi connectivity index (χ3n) is 13.6. The number of carbonyl (C=O) groups is 1. The fourth-order valence-corrected chi connectivity index (χ4v) is 8.95. The zero-order valence-electron chi connectivity index (χ0n) is 44.6. The van der Waals surface area contributed by atoms with Gasteiger partial charge in [-0.3, -0.25) is 4.79 Å². The van der Waals surface area contributed by atoms with Crippen molar-refractivity contribution >= 4 is 5.91 Å². The van der Waals surface area contributed by atoms with Crippen molar-refractivity contribution in [1.29, 1.82) is 0 Å². The third-order valence-corrected chi connectivity index (χ3v) is 13.6. The lowest BCUT2D eigenvalue weighted by molar-refractivity contribution is -0.302. The van der Waals surface area contributed by atoms with Crippen LogP contribution in [-0.2, 0) is 14.3 Å². The van der Waals surface area contributed by atoms with Gasteiger partial charge in [-0.15, -0.1) is 0 Å². The molecule has 9 heteroatoms. The van der Waals surface area contributed by atoms with Crippen molar-refractivity contribution in [2.45, 2.75) is 301 Å². The van der Waals surface area contributed by atoms with Gasteiger partial charge in [0.15, 0.2) is 6.29 Å². The topological polar surface area (TPSA) is 149 Å². The van der Waals surface area contributed by atoms with Gasteiger partial charge in [0, 0.05) is 6.42 Å². The van der Waals surface area contributed by atoms with Gasteiger partial charge in [0.2, 0.25) is 5.91 Å². The molecule has 0 aromatic rings. The average Bonchev–Trinajstić information content (AvgIpc) is 3.35. The number of amides is 1. The van der Waals surface area contributed by atoms with E-state index in [0.717, 1.165) is 64.2 Å². The molecule has 0 radical (unpaired) electrons. The lowest BCUT2D eigenvalue weighted by Gasteiger charge is -2.40. The molecule has 0 aromatic carbocycles. The Bertz CT molecular complexity index is 1270. The standard InChI is InChI=1S/C60H109NO8/c1-3-5-7-9-11-13-15-17-19-21-23-25-27-29-31-33-35-37-39-41-43-45-47-49-54(63)53(52-68-60-59(67)58(66)57(65)55(51-62)69-60)61-56(64)50-48-46-44-42-40-38-36-34-32-30-28-26-24-22-20-18-16-14-12-10-8-6-4-2/h16,18,22,24,28,30,39,41,47,49,53-55,57-60,62-63,65-67H,3-15,17,19-21,23,25-27,29,31-38,40,42-46,48,50-52H2,1-2H3,(H,61,64)/b18-16-,24-22-,30-28-,41-39+,49-47+. The molecular formula is C60H109NO8. The molecule has 1 fully saturated rings. The number of aliphatic hydroxyl groups excluding tert-OH is 5. The summed E-state index contributed by atoms with van der Waals surface area (Å²) in [7, 11) is 0. The number of nitrogens with one attached hydrogen (secondary N) is 1. The smallest absolute Gasteiger partial charge is 0.220 e. The molecule has 0 bridgehead atoms. The molecule has 1 rings (SSSR count). The van der Waals surface area contributed by atoms with Gasteiger partial charge < -0.3 is 40.3 Å². The molecule has 1 aliphatic heterocycles. The van der Waals surface area contributed by atoms with E-state index in [1.807, 2.05) is 6.08 Å². The molecule has 7 atom stereocenters. The molecule has 7 unspecified atom stereocenters. The molecule has 69 heavy (non-hydrogen) atoms. The summed E-state index contributed by atoms with van der Waals surface area (Å²) in [6, 6.07) is -0.829. The molecule has 0 aliphatic carbocycles. The molecule has 1 aliphatic rings. The second-order valence-electron chi connectivity index (χ2n) is 20.1. The van der Waals surface area contributed by atoms with Gasteiger partial charge in [0.05, 0.1) is 25.4 Å². The summed E-state index contributed by atoms with van der Waals surface area (Å²) in [6.45, 7) is 3.77. The highest BCUT2D eigenvalue weighted by Gasteiger charge is 2.44. The second kappa shape index (κ2) is 49.5. The van der Waals surface area contributed by atoms with Crippen LogP contribution in [0.2, 0.25) is 0 Å². The maximum Gasteiger partial charge on any atom is 0.220 e.